The van der Waals surface area contributed by atoms with Gasteiger partial charge in [-0.3, -0.25) is 0 Å². The Balaban J connectivity index is 1.92. The predicted octanol–water partition coefficient (Wildman–Crippen LogP) is 2.96. The molecule has 3 aromatic rings. The Morgan fingerprint density at radius 3 is 2.89 bits per heavy atom. The Hall–Kier alpha value is -1.73. The molecule has 0 aliphatic rings. The molecule has 0 radical (unpaired) electrons. The van der Waals surface area contributed by atoms with Gasteiger partial charge < -0.3 is 11.1 Å². The lowest BCUT2D eigenvalue weighted by Gasteiger charge is -2.05. The fourth-order valence-electron chi connectivity index (χ4n) is 1.89. The molecule has 0 amide bonds. The Labute approximate surface area is 118 Å². The van der Waals surface area contributed by atoms with Crippen LogP contribution in [0.4, 0.5) is 10.9 Å². The topological polar surface area (TPSA) is 76.7 Å². The second-order valence-corrected chi connectivity index (χ2v) is 6.31. The molecule has 3 N–H and O–H groups in total. The third-order valence-corrected chi connectivity index (χ3v) is 4.81. The molecule has 0 fully saturated rings. The average Bonchev–Trinajstić information content (AvgIpc) is 2.93. The van der Waals surface area contributed by atoms with Gasteiger partial charge in [0.15, 0.2) is 5.13 Å². The van der Waals surface area contributed by atoms with Gasteiger partial charge in [0, 0.05) is 10.3 Å². The van der Waals surface area contributed by atoms with E-state index in [0.717, 1.165) is 21.7 Å². The molecule has 0 unspecified atom stereocenters. The van der Waals surface area contributed by atoms with Crippen LogP contribution in [0.3, 0.4) is 0 Å². The summed E-state index contributed by atoms with van der Waals surface area (Å²) in [5.41, 5.74) is 7.79. The maximum Gasteiger partial charge on any atom is 0.180 e. The summed E-state index contributed by atoms with van der Waals surface area (Å²) in [7, 11) is 0. The number of nitrogens with two attached hydrogens (primary N) is 1. The minimum atomic E-state index is 0.590. The first kappa shape index (κ1) is 12.3. The molecule has 3 heterocycles. The first-order valence-corrected chi connectivity index (χ1v) is 7.49. The zero-order valence-corrected chi connectivity index (χ0v) is 12.2. The molecule has 0 saturated heterocycles. The Morgan fingerprint density at radius 1 is 1.32 bits per heavy atom. The molecule has 19 heavy (non-hydrogen) atoms. The van der Waals surface area contributed by atoms with Gasteiger partial charge in [-0.05, 0) is 19.4 Å². The normalized spacial score (nSPS) is 11.1. The van der Waals surface area contributed by atoms with E-state index in [0.29, 0.717) is 11.7 Å². The lowest BCUT2D eigenvalue weighted by atomic mass is 10.2. The van der Waals surface area contributed by atoms with Crippen molar-refractivity contribution in [3.63, 3.8) is 0 Å². The molecule has 0 atom stereocenters. The first-order valence-electron chi connectivity index (χ1n) is 5.79. The summed E-state index contributed by atoms with van der Waals surface area (Å²) in [6.45, 7) is 4.82. The zero-order valence-electron chi connectivity index (χ0n) is 10.6. The van der Waals surface area contributed by atoms with Crippen LogP contribution in [0.5, 0.6) is 0 Å². The number of hydrogen-bond donors (Lipinski definition) is 2. The molecule has 3 aromatic heterocycles. The lowest BCUT2D eigenvalue weighted by Crippen LogP contribution is -2.03. The first-order chi connectivity index (χ1) is 9.15. The van der Waals surface area contributed by atoms with E-state index < -0.39 is 0 Å². The van der Waals surface area contributed by atoms with Gasteiger partial charge in [-0.25, -0.2) is 15.0 Å². The van der Waals surface area contributed by atoms with Gasteiger partial charge >= 0.3 is 0 Å². The molecule has 0 aliphatic carbocycles. The van der Waals surface area contributed by atoms with E-state index in [9.17, 15) is 0 Å². The number of rotatable bonds is 3. The third kappa shape index (κ3) is 2.26. The summed E-state index contributed by atoms with van der Waals surface area (Å²) in [6, 6.07) is 0. The van der Waals surface area contributed by atoms with Crippen LogP contribution in [0.1, 0.15) is 16.1 Å². The largest absolute Gasteiger partial charge is 0.375 e. The smallest absolute Gasteiger partial charge is 0.180 e. The number of thiophene rings is 1. The summed E-state index contributed by atoms with van der Waals surface area (Å²) in [5.74, 6) is 0.860. The van der Waals surface area contributed by atoms with Gasteiger partial charge in [0.05, 0.1) is 17.6 Å². The number of aromatic nitrogens is 3. The van der Waals surface area contributed by atoms with Crippen LogP contribution in [-0.2, 0) is 6.54 Å². The van der Waals surface area contributed by atoms with Crippen molar-refractivity contribution in [1.29, 1.82) is 0 Å². The van der Waals surface area contributed by atoms with Crippen molar-refractivity contribution < 1.29 is 0 Å². The number of thiazole rings is 1. The highest BCUT2D eigenvalue weighted by Gasteiger charge is 2.11. The van der Waals surface area contributed by atoms with Crippen LogP contribution in [-0.4, -0.2) is 15.0 Å². The van der Waals surface area contributed by atoms with Gasteiger partial charge in [0.1, 0.15) is 17.0 Å². The van der Waals surface area contributed by atoms with Gasteiger partial charge in [-0.15, -0.1) is 22.7 Å². The fourth-order valence-corrected chi connectivity index (χ4v) is 3.45. The van der Waals surface area contributed by atoms with Crippen molar-refractivity contribution in [2.45, 2.75) is 20.4 Å². The van der Waals surface area contributed by atoms with Gasteiger partial charge in [0.25, 0.3) is 0 Å². The van der Waals surface area contributed by atoms with Crippen molar-refractivity contribution in [2.24, 2.45) is 0 Å². The molecule has 7 heteroatoms. The van der Waals surface area contributed by atoms with Crippen molar-refractivity contribution in [1.82, 2.24) is 15.0 Å². The summed E-state index contributed by atoms with van der Waals surface area (Å²) >= 11 is 3.14. The van der Waals surface area contributed by atoms with E-state index in [-0.39, 0.29) is 0 Å². The van der Waals surface area contributed by atoms with Crippen LogP contribution in [0.2, 0.25) is 0 Å². The Morgan fingerprint density at radius 2 is 2.16 bits per heavy atom. The van der Waals surface area contributed by atoms with Crippen LogP contribution >= 0.6 is 22.7 Å². The number of fused-ring (bicyclic) bond motifs is 1. The Kier molecular flexibility index (Phi) is 3.08. The molecule has 98 valence electrons. The maximum atomic E-state index is 5.62. The fraction of sp³-hybridized carbons (Fsp3) is 0.250. The van der Waals surface area contributed by atoms with Gasteiger partial charge in [-0.2, -0.15) is 0 Å². The standard InChI is InChI=1S/C12H13N5S2/c1-6-7(2)19-11-9(6)10(15-5-16-11)14-3-8-4-18-12(13)17-8/h4-5H,3H2,1-2H3,(H2,13,17)(H,14,15,16). The molecular formula is C12H13N5S2. The maximum absolute atomic E-state index is 5.62. The van der Waals surface area contributed by atoms with Crippen molar-refractivity contribution in [3.05, 3.63) is 27.8 Å². The van der Waals surface area contributed by atoms with Crippen molar-refractivity contribution >= 4 is 43.8 Å². The highest BCUT2D eigenvalue weighted by atomic mass is 32.1. The van der Waals surface area contributed by atoms with E-state index in [1.54, 1.807) is 17.7 Å². The van der Waals surface area contributed by atoms with E-state index in [1.165, 1.54) is 21.8 Å². The van der Waals surface area contributed by atoms with Gasteiger partial charge in [-0.1, -0.05) is 0 Å². The van der Waals surface area contributed by atoms with Crippen molar-refractivity contribution in [2.75, 3.05) is 11.1 Å². The third-order valence-electron chi connectivity index (χ3n) is 2.97. The lowest BCUT2D eigenvalue weighted by molar-refractivity contribution is 1.05. The van der Waals surface area contributed by atoms with E-state index in [2.05, 4.69) is 34.1 Å². The second kappa shape index (κ2) is 4.75. The molecule has 0 aliphatic heterocycles. The number of nitrogen functional groups attached to an aromatic ring is 1. The average molecular weight is 291 g/mol. The Bertz CT molecular complexity index is 731. The SMILES string of the molecule is Cc1sc2ncnc(NCc3csc(N)n3)c2c1C. The molecule has 3 rings (SSSR count). The minimum Gasteiger partial charge on any atom is -0.375 e. The molecule has 0 aromatic carbocycles. The molecule has 0 bridgehead atoms. The number of hydrogen-bond acceptors (Lipinski definition) is 7. The number of anilines is 2. The van der Waals surface area contributed by atoms with Crippen molar-refractivity contribution in [3.8, 4) is 0 Å². The molecular weight excluding hydrogens is 278 g/mol. The van der Waals surface area contributed by atoms with Crippen LogP contribution in [0.25, 0.3) is 10.2 Å². The quantitative estimate of drug-likeness (QED) is 0.776. The summed E-state index contributed by atoms with van der Waals surface area (Å²) in [4.78, 5) is 15.2. The highest BCUT2D eigenvalue weighted by Crippen LogP contribution is 2.32. The number of nitrogens with one attached hydrogen (secondary N) is 1. The number of aryl methyl sites for hydroxylation is 2. The van der Waals surface area contributed by atoms with Crippen LogP contribution < -0.4 is 11.1 Å². The van der Waals surface area contributed by atoms with Crippen LogP contribution in [0, 0.1) is 13.8 Å². The number of nitrogens with zero attached hydrogens (tertiary/aromatic N) is 3. The summed E-state index contributed by atoms with van der Waals surface area (Å²) < 4.78 is 0. The predicted molar refractivity (Wildman–Crippen MR) is 80.7 cm³/mol. The van der Waals surface area contributed by atoms with E-state index in [1.807, 2.05) is 5.38 Å². The van der Waals surface area contributed by atoms with E-state index in [4.69, 9.17) is 5.73 Å². The second-order valence-electron chi connectivity index (χ2n) is 4.22. The van der Waals surface area contributed by atoms with Crippen LogP contribution in [0.15, 0.2) is 11.7 Å². The summed E-state index contributed by atoms with van der Waals surface area (Å²) in [5, 5.41) is 6.96. The summed E-state index contributed by atoms with van der Waals surface area (Å²) in [6.07, 6.45) is 1.59. The monoisotopic (exact) mass is 291 g/mol. The zero-order chi connectivity index (χ0) is 13.4. The molecule has 5 nitrogen and oxygen atoms in total. The molecule has 0 saturated carbocycles. The van der Waals surface area contributed by atoms with E-state index >= 15 is 0 Å². The van der Waals surface area contributed by atoms with Gasteiger partial charge in [0.2, 0.25) is 0 Å². The minimum absolute atomic E-state index is 0.590. The highest BCUT2D eigenvalue weighted by molar-refractivity contribution is 7.18. The molecule has 0 spiro atoms.